The van der Waals surface area contributed by atoms with Crippen molar-refractivity contribution in [2.24, 2.45) is 0 Å². The fourth-order valence-electron chi connectivity index (χ4n) is 2.39. The maximum absolute atomic E-state index is 11.8. The van der Waals surface area contributed by atoms with Crippen molar-refractivity contribution in [1.82, 2.24) is 0 Å². The highest BCUT2D eigenvalue weighted by Gasteiger charge is 2.27. The van der Waals surface area contributed by atoms with Gasteiger partial charge in [0, 0.05) is 11.7 Å². The molecule has 0 aromatic heterocycles. The minimum absolute atomic E-state index is 0.119. The monoisotopic (exact) mass is 247 g/mol. The summed E-state index contributed by atoms with van der Waals surface area (Å²) in [4.78, 5) is 13.9. The number of anilines is 1. The van der Waals surface area contributed by atoms with E-state index < -0.39 is 0 Å². The van der Waals surface area contributed by atoms with Crippen LogP contribution >= 0.6 is 0 Å². The van der Waals surface area contributed by atoms with Gasteiger partial charge in [-0.15, -0.1) is 0 Å². The van der Waals surface area contributed by atoms with E-state index in [9.17, 15) is 4.79 Å². The van der Waals surface area contributed by atoms with E-state index >= 15 is 0 Å². The van der Waals surface area contributed by atoms with Crippen molar-refractivity contribution in [2.45, 2.75) is 39.2 Å². The lowest BCUT2D eigenvalue weighted by molar-refractivity contribution is -0.142. The fourth-order valence-corrected chi connectivity index (χ4v) is 2.39. The van der Waals surface area contributed by atoms with E-state index in [0.717, 1.165) is 19.3 Å². The molecule has 0 amide bonds. The van der Waals surface area contributed by atoms with E-state index in [2.05, 4.69) is 36.9 Å². The molecule has 1 aromatic rings. The zero-order chi connectivity index (χ0) is 13.0. The summed E-state index contributed by atoms with van der Waals surface area (Å²) in [5.74, 6) is -0.119. The van der Waals surface area contributed by atoms with Gasteiger partial charge in [0.2, 0.25) is 0 Å². The molecule has 3 nitrogen and oxygen atoms in total. The molecule has 98 valence electrons. The number of hydrogen-bond donors (Lipinski definition) is 0. The molecular formula is C15H21NO2. The molecule has 18 heavy (non-hydrogen) atoms. The largest absolute Gasteiger partial charge is 0.464 e. The predicted molar refractivity (Wildman–Crippen MR) is 72.8 cm³/mol. The van der Waals surface area contributed by atoms with Gasteiger partial charge in [0.05, 0.1) is 6.61 Å². The number of para-hydroxylation sites is 1. The second kappa shape index (κ2) is 5.89. The van der Waals surface area contributed by atoms with Crippen LogP contribution in [0.25, 0.3) is 0 Å². The Labute approximate surface area is 109 Å². The Morgan fingerprint density at radius 3 is 3.00 bits per heavy atom. The Kier molecular flexibility index (Phi) is 4.24. The molecular weight excluding hydrogens is 226 g/mol. The van der Waals surface area contributed by atoms with E-state index in [1.807, 2.05) is 6.07 Å². The van der Waals surface area contributed by atoms with Gasteiger partial charge in [-0.2, -0.15) is 0 Å². The number of carbonyl (C=O) groups excluding carboxylic acids is 1. The smallest absolute Gasteiger partial charge is 0.325 e. The Balaban J connectivity index is 1.95. The highest BCUT2D eigenvalue weighted by molar-refractivity contribution is 5.77. The predicted octanol–water partition coefficient (Wildman–Crippen LogP) is 2.78. The van der Waals surface area contributed by atoms with Crippen LogP contribution in [0.15, 0.2) is 24.3 Å². The minimum atomic E-state index is -0.119. The molecule has 0 aliphatic carbocycles. The molecule has 0 spiro atoms. The summed E-state index contributed by atoms with van der Waals surface area (Å²) < 4.78 is 5.23. The molecule has 2 rings (SSSR count). The molecule has 3 heteroatoms. The van der Waals surface area contributed by atoms with Gasteiger partial charge in [0.1, 0.15) is 6.54 Å². The number of rotatable bonds is 5. The maximum atomic E-state index is 11.8. The van der Waals surface area contributed by atoms with Gasteiger partial charge in [-0.05, 0) is 31.4 Å². The van der Waals surface area contributed by atoms with Gasteiger partial charge in [0.15, 0.2) is 0 Å². The van der Waals surface area contributed by atoms with Crippen molar-refractivity contribution < 1.29 is 9.53 Å². The summed E-state index contributed by atoms with van der Waals surface area (Å²) in [7, 11) is 0. The van der Waals surface area contributed by atoms with Crippen LogP contribution in [0.3, 0.4) is 0 Å². The number of nitrogens with zero attached hydrogens (tertiary/aromatic N) is 1. The number of esters is 1. The van der Waals surface area contributed by atoms with Crippen molar-refractivity contribution in [1.29, 1.82) is 0 Å². The van der Waals surface area contributed by atoms with Gasteiger partial charge < -0.3 is 9.64 Å². The van der Waals surface area contributed by atoms with Gasteiger partial charge in [0.25, 0.3) is 0 Å². The Hall–Kier alpha value is -1.51. The molecule has 0 bridgehead atoms. The zero-order valence-corrected chi connectivity index (χ0v) is 11.2. The van der Waals surface area contributed by atoms with Gasteiger partial charge in [-0.25, -0.2) is 0 Å². The second-order valence-electron chi connectivity index (χ2n) is 4.88. The Morgan fingerprint density at radius 2 is 2.22 bits per heavy atom. The SMILES string of the molecule is CCCCOC(=O)CN1c2ccccc2CC1C. The van der Waals surface area contributed by atoms with Crippen molar-refractivity contribution in [3.8, 4) is 0 Å². The number of unbranched alkanes of at least 4 members (excludes halogenated alkanes) is 1. The van der Waals surface area contributed by atoms with Crippen LogP contribution in [-0.4, -0.2) is 25.2 Å². The van der Waals surface area contributed by atoms with Crippen LogP contribution in [-0.2, 0) is 16.0 Å². The topological polar surface area (TPSA) is 29.5 Å². The summed E-state index contributed by atoms with van der Waals surface area (Å²) in [6.45, 7) is 5.15. The first-order chi connectivity index (χ1) is 8.72. The van der Waals surface area contributed by atoms with E-state index in [0.29, 0.717) is 19.2 Å². The molecule has 0 N–H and O–H groups in total. The molecule has 1 atom stereocenters. The molecule has 1 aliphatic heterocycles. The fraction of sp³-hybridized carbons (Fsp3) is 0.533. The summed E-state index contributed by atoms with van der Waals surface area (Å²) in [5, 5.41) is 0. The molecule has 0 saturated heterocycles. The Bertz CT molecular complexity index is 417. The first-order valence-corrected chi connectivity index (χ1v) is 6.72. The highest BCUT2D eigenvalue weighted by Crippen LogP contribution is 2.31. The number of fused-ring (bicyclic) bond motifs is 1. The molecule has 1 aliphatic rings. The normalized spacial score (nSPS) is 17.7. The average Bonchev–Trinajstić information content (AvgIpc) is 2.67. The van der Waals surface area contributed by atoms with Crippen molar-refractivity contribution in [2.75, 3.05) is 18.1 Å². The van der Waals surface area contributed by atoms with Gasteiger partial charge in [-0.3, -0.25) is 4.79 Å². The molecule has 0 radical (unpaired) electrons. The third-order valence-electron chi connectivity index (χ3n) is 3.41. The van der Waals surface area contributed by atoms with Crippen molar-refractivity contribution in [3.63, 3.8) is 0 Å². The van der Waals surface area contributed by atoms with Crippen molar-refractivity contribution in [3.05, 3.63) is 29.8 Å². The number of benzene rings is 1. The van der Waals surface area contributed by atoms with E-state index in [-0.39, 0.29) is 5.97 Å². The zero-order valence-electron chi connectivity index (χ0n) is 11.2. The maximum Gasteiger partial charge on any atom is 0.325 e. The standard InChI is InChI=1S/C15H21NO2/c1-3-4-9-18-15(17)11-16-12(2)10-13-7-5-6-8-14(13)16/h5-8,12H,3-4,9-11H2,1-2H3. The lowest BCUT2D eigenvalue weighted by atomic mass is 10.1. The number of carbonyl (C=O) groups is 1. The molecule has 1 aromatic carbocycles. The van der Waals surface area contributed by atoms with E-state index in [1.54, 1.807) is 0 Å². The van der Waals surface area contributed by atoms with Crippen LogP contribution in [0.2, 0.25) is 0 Å². The van der Waals surface area contributed by atoms with Crippen LogP contribution in [0.1, 0.15) is 32.3 Å². The van der Waals surface area contributed by atoms with Crippen LogP contribution < -0.4 is 4.90 Å². The molecule has 0 fully saturated rings. The van der Waals surface area contributed by atoms with Crippen LogP contribution in [0.4, 0.5) is 5.69 Å². The second-order valence-corrected chi connectivity index (χ2v) is 4.88. The number of hydrogen-bond acceptors (Lipinski definition) is 3. The van der Waals surface area contributed by atoms with Crippen LogP contribution in [0, 0.1) is 0 Å². The Morgan fingerprint density at radius 1 is 1.44 bits per heavy atom. The first-order valence-electron chi connectivity index (χ1n) is 6.72. The average molecular weight is 247 g/mol. The lowest BCUT2D eigenvalue weighted by Gasteiger charge is -2.23. The van der Waals surface area contributed by atoms with E-state index in [1.165, 1.54) is 11.3 Å². The molecule has 1 heterocycles. The lowest BCUT2D eigenvalue weighted by Crippen LogP contribution is -2.35. The summed E-state index contributed by atoms with van der Waals surface area (Å²) in [5.41, 5.74) is 2.50. The highest BCUT2D eigenvalue weighted by atomic mass is 16.5. The van der Waals surface area contributed by atoms with Crippen LogP contribution in [0.5, 0.6) is 0 Å². The summed E-state index contributed by atoms with van der Waals surface area (Å²) in [6.07, 6.45) is 3.01. The quantitative estimate of drug-likeness (QED) is 0.592. The molecule has 1 unspecified atom stereocenters. The minimum Gasteiger partial charge on any atom is -0.464 e. The van der Waals surface area contributed by atoms with Crippen molar-refractivity contribution >= 4 is 11.7 Å². The van der Waals surface area contributed by atoms with E-state index in [4.69, 9.17) is 4.74 Å². The van der Waals surface area contributed by atoms with Gasteiger partial charge >= 0.3 is 5.97 Å². The van der Waals surface area contributed by atoms with Gasteiger partial charge in [-0.1, -0.05) is 31.5 Å². The number of ether oxygens (including phenoxy) is 1. The molecule has 0 saturated carbocycles. The summed E-state index contributed by atoms with van der Waals surface area (Å²) in [6, 6.07) is 8.66. The first kappa shape index (κ1) is 12.9. The summed E-state index contributed by atoms with van der Waals surface area (Å²) >= 11 is 0. The third kappa shape index (κ3) is 2.84. The third-order valence-corrected chi connectivity index (χ3v) is 3.41.